The molecular formula is C77H134O6. The van der Waals surface area contributed by atoms with E-state index in [-0.39, 0.29) is 31.1 Å². The van der Waals surface area contributed by atoms with Crippen LogP contribution in [0.4, 0.5) is 0 Å². The molecule has 0 N–H and O–H groups in total. The predicted octanol–water partition coefficient (Wildman–Crippen LogP) is 24.8. The Bertz CT molecular complexity index is 1610. The van der Waals surface area contributed by atoms with Crippen molar-refractivity contribution in [2.24, 2.45) is 0 Å². The lowest BCUT2D eigenvalue weighted by Gasteiger charge is -2.18. The standard InChI is InChI=1S/C77H134O6/c1-4-7-10-13-16-19-22-25-27-29-31-33-35-36-37-38-39-40-42-43-45-47-49-52-55-58-61-64-67-70-76(79)82-73-74(72-81-75(78)69-66-63-60-57-54-51-24-21-18-15-12-9-6-3)83-77(80)71-68-65-62-59-56-53-50-48-46-44-41-34-32-30-28-26-23-20-17-14-11-8-5-2/h12,15,21-26,29-32,35-36,41,44,74H,4-11,13-14,16-20,27-28,33-34,37-40,42-43,45-73H2,1-3H3/b15-12-,24-21-,25-22-,26-23-,31-29-,32-30-,36-35-,44-41-. The van der Waals surface area contributed by atoms with Gasteiger partial charge in [0.05, 0.1) is 0 Å². The van der Waals surface area contributed by atoms with E-state index in [4.69, 9.17) is 14.2 Å². The number of rotatable bonds is 65. The Morgan fingerprint density at radius 2 is 0.458 bits per heavy atom. The number of hydrogen-bond acceptors (Lipinski definition) is 6. The maximum absolute atomic E-state index is 13.0. The first-order chi connectivity index (χ1) is 41.0. The minimum Gasteiger partial charge on any atom is -0.462 e. The lowest BCUT2D eigenvalue weighted by molar-refractivity contribution is -0.167. The molecule has 0 radical (unpaired) electrons. The Labute approximate surface area is 515 Å². The highest BCUT2D eigenvalue weighted by Gasteiger charge is 2.19. The molecule has 1 unspecified atom stereocenters. The molecule has 0 spiro atoms. The van der Waals surface area contributed by atoms with Crippen LogP contribution in [-0.4, -0.2) is 37.2 Å². The van der Waals surface area contributed by atoms with Crippen LogP contribution in [0.25, 0.3) is 0 Å². The Balaban J connectivity index is 4.28. The molecule has 6 heteroatoms. The lowest BCUT2D eigenvalue weighted by Crippen LogP contribution is -2.30. The van der Waals surface area contributed by atoms with Crippen LogP contribution < -0.4 is 0 Å². The topological polar surface area (TPSA) is 78.9 Å². The molecule has 1 atom stereocenters. The SMILES string of the molecule is CCC/C=C\C/C=C\CCCCCCCC(=O)OCC(COC(=O)CCCCCCCCCCCCCCCC/C=C\C/C=C\C/C=C\CCCCCCC)OC(=O)CCCCCCCCCC/C=C\C/C=C\C/C=C\CCCCCCC. The van der Waals surface area contributed by atoms with Gasteiger partial charge in [0.1, 0.15) is 13.2 Å². The van der Waals surface area contributed by atoms with Crippen LogP contribution in [0, 0.1) is 0 Å². The van der Waals surface area contributed by atoms with E-state index in [1.165, 1.54) is 193 Å². The molecule has 0 aromatic heterocycles. The maximum atomic E-state index is 13.0. The number of carbonyl (C=O) groups excluding carboxylic acids is 3. The van der Waals surface area contributed by atoms with Crippen LogP contribution in [0.3, 0.4) is 0 Å². The van der Waals surface area contributed by atoms with Crippen molar-refractivity contribution >= 4 is 17.9 Å². The number of carbonyl (C=O) groups is 3. The number of unbranched alkanes of at least 4 members (excludes halogenated alkanes) is 38. The Hall–Kier alpha value is -3.67. The summed E-state index contributed by atoms with van der Waals surface area (Å²) >= 11 is 0. The second kappa shape index (κ2) is 70.8. The van der Waals surface area contributed by atoms with Gasteiger partial charge in [0, 0.05) is 19.3 Å². The van der Waals surface area contributed by atoms with Crippen LogP contribution in [0.2, 0.25) is 0 Å². The van der Waals surface area contributed by atoms with Crippen molar-refractivity contribution in [1.29, 1.82) is 0 Å². The highest BCUT2D eigenvalue weighted by atomic mass is 16.6. The van der Waals surface area contributed by atoms with Gasteiger partial charge in [-0.05, 0) is 122 Å². The van der Waals surface area contributed by atoms with E-state index < -0.39 is 6.10 Å². The fraction of sp³-hybridized carbons (Fsp3) is 0.753. The van der Waals surface area contributed by atoms with Crippen LogP contribution in [0.15, 0.2) is 97.2 Å². The summed E-state index contributed by atoms with van der Waals surface area (Å²) in [4.78, 5) is 38.4. The van der Waals surface area contributed by atoms with Gasteiger partial charge in [0.25, 0.3) is 0 Å². The minimum atomic E-state index is -0.790. The molecule has 0 saturated heterocycles. The molecule has 0 fully saturated rings. The second-order valence-electron chi connectivity index (χ2n) is 23.8. The Morgan fingerprint density at radius 3 is 0.723 bits per heavy atom. The van der Waals surface area contributed by atoms with E-state index in [1.807, 2.05) is 0 Å². The van der Waals surface area contributed by atoms with Gasteiger partial charge in [-0.15, -0.1) is 0 Å². The van der Waals surface area contributed by atoms with E-state index in [2.05, 4.69) is 118 Å². The smallest absolute Gasteiger partial charge is 0.306 e. The van der Waals surface area contributed by atoms with Gasteiger partial charge in [0.2, 0.25) is 0 Å². The van der Waals surface area contributed by atoms with Crippen molar-refractivity contribution in [3.63, 3.8) is 0 Å². The van der Waals surface area contributed by atoms with Gasteiger partial charge in [-0.3, -0.25) is 14.4 Å². The van der Waals surface area contributed by atoms with Crippen LogP contribution >= 0.6 is 0 Å². The molecule has 83 heavy (non-hydrogen) atoms. The van der Waals surface area contributed by atoms with Gasteiger partial charge in [-0.2, -0.15) is 0 Å². The Morgan fingerprint density at radius 1 is 0.241 bits per heavy atom. The first-order valence-corrected chi connectivity index (χ1v) is 35.7. The molecule has 478 valence electrons. The molecular weight excluding hydrogens is 1020 g/mol. The third kappa shape index (κ3) is 69.0. The first-order valence-electron chi connectivity index (χ1n) is 35.7. The van der Waals surface area contributed by atoms with Crippen molar-refractivity contribution in [3.05, 3.63) is 97.2 Å². The summed E-state index contributed by atoms with van der Waals surface area (Å²) in [7, 11) is 0. The summed E-state index contributed by atoms with van der Waals surface area (Å²) in [5, 5.41) is 0. The van der Waals surface area contributed by atoms with Crippen LogP contribution in [-0.2, 0) is 28.6 Å². The number of ether oxygens (including phenoxy) is 3. The summed E-state index contributed by atoms with van der Waals surface area (Å²) in [6, 6.07) is 0. The molecule has 0 saturated carbocycles. The van der Waals surface area contributed by atoms with Crippen molar-refractivity contribution in [2.75, 3.05) is 13.2 Å². The van der Waals surface area contributed by atoms with Crippen molar-refractivity contribution in [2.45, 2.75) is 361 Å². The van der Waals surface area contributed by atoms with Crippen LogP contribution in [0.1, 0.15) is 355 Å². The molecule has 0 amide bonds. The quantitative estimate of drug-likeness (QED) is 0.0261. The molecule has 6 nitrogen and oxygen atoms in total. The van der Waals surface area contributed by atoms with E-state index >= 15 is 0 Å². The van der Waals surface area contributed by atoms with Crippen molar-refractivity contribution in [1.82, 2.24) is 0 Å². The third-order valence-electron chi connectivity index (χ3n) is 15.5. The monoisotopic (exact) mass is 1160 g/mol. The fourth-order valence-corrected chi connectivity index (χ4v) is 10.1. The third-order valence-corrected chi connectivity index (χ3v) is 15.5. The molecule has 0 aromatic rings. The molecule has 0 aromatic carbocycles. The number of allylic oxidation sites excluding steroid dienone is 16. The molecule has 0 heterocycles. The summed E-state index contributed by atoms with van der Waals surface area (Å²) in [6.07, 6.45) is 95.8. The highest BCUT2D eigenvalue weighted by molar-refractivity contribution is 5.71. The normalized spacial score (nSPS) is 12.7. The molecule has 0 aliphatic heterocycles. The zero-order valence-electron chi connectivity index (χ0n) is 54.9. The molecule has 0 aliphatic carbocycles. The second-order valence-corrected chi connectivity index (χ2v) is 23.8. The Kier molecular flexibility index (Phi) is 67.7. The average molecular weight is 1160 g/mol. The van der Waals surface area contributed by atoms with E-state index in [0.29, 0.717) is 19.3 Å². The summed E-state index contributed by atoms with van der Waals surface area (Å²) in [5.41, 5.74) is 0. The molecule has 0 aliphatic rings. The fourth-order valence-electron chi connectivity index (χ4n) is 10.1. The first kappa shape index (κ1) is 79.3. The van der Waals surface area contributed by atoms with Gasteiger partial charge < -0.3 is 14.2 Å². The van der Waals surface area contributed by atoms with Gasteiger partial charge >= 0.3 is 17.9 Å². The summed E-state index contributed by atoms with van der Waals surface area (Å²) in [5.74, 6) is -0.893. The van der Waals surface area contributed by atoms with E-state index in [9.17, 15) is 14.4 Å². The van der Waals surface area contributed by atoms with Gasteiger partial charge in [-0.1, -0.05) is 311 Å². The molecule has 0 bridgehead atoms. The minimum absolute atomic E-state index is 0.0840. The average Bonchev–Trinajstić information content (AvgIpc) is 3.49. The zero-order chi connectivity index (χ0) is 59.9. The molecule has 0 rings (SSSR count). The number of hydrogen-bond donors (Lipinski definition) is 0. The lowest BCUT2D eigenvalue weighted by atomic mass is 10.0. The van der Waals surface area contributed by atoms with Gasteiger partial charge in [0.15, 0.2) is 6.10 Å². The summed E-state index contributed by atoms with van der Waals surface area (Å²) in [6.45, 7) is 6.57. The van der Waals surface area contributed by atoms with Crippen molar-refractivity contribution < 1.29 is 28.6 Å². The van der Waals surface area contributed by atoms with E-state index in [1.54, 1.807) is 0 Å². The highest BCUT2D eigenvalue weighted by Crippen LogP contribution is 2.17. The largest absolute Gasteiger partial charge is 0.462 e. The van der Waals surface area contributed by atoms with E-state index in [0.717, 1.165) is 122 Å². The predicted molar refractivity (Wildman–Crippen MR) is 362 cm³/mol. The maximum Gasteiger partial charge on any atom is 0.306 e. The number of esters is 3. The van der Waals surface area contributed by atoms with Gasteiger partial charge in [-0.25, -0.2) is 0 Å². The van der Waals surface area contributed by atoms with Crippen molar-refractivity contribution in [3.8, 4) is 0 Å². The zero-order valence-corrected chi connectivity index (χ0v) is 54.9. The van der Waals surface area contributed by atoms with Crippen LogP contribution in [0.5, 0.6) is 0 Å². The summed E-state index contributed by atoms with van der Waals surface area (Å²) < 4.78 is 17.0.